The average molecular weight is 241 g/mol. The molecule has 0 aliphatic heterocycles. The van der Waals surface area contributed by atoms with Gasteiger partial charge in [0.2, 0.25) is 0 Å². The number of aromatic nitrogens is 2. The molecule has 1 aliphatic carbocycles. The van der Waals surface area contributed by atoms with Crippen molar-refractivity contribution in [3.05, 3.63) is 17.5 Å². The first kappa shape index (κ1) is 11.6. The Kier molecular flexibility index (Phi) is 3.96. The minimum absolute atomic E-state index is 0.538. The number of nitrogens with zero attached hydrogens (tertiary/aromatic N) is 3. The number of nitrogens with two attached hydrogens (primary N) is 1. The molecule has 2 N–H and O–H groups in total. The largest absolute Gasteiger partial charge is 0.351 e. The van der Waals surface area contributed by atoms with Crippen LogP contribution in [-0.4, -0.2) is 29.1 Å². The predicted octanol–water partition coefficient (Wildman–Crippen LogP) is 1.84. The van der Waals surface area contributed by atoms with Crippen molar-refractivity contribution in [3.63, 3.8) is 0 Å². The molecule has 1 heterocycles. The zero-order chi connectivity index (χ0) is 11.4. The summed E-state index contributed by atoms with van der Waals surface area (Å²) in [7, 11) is 0. The van der Waals surface area contributed by atoms with Crippen LogP contribution in [0.2, 0.25) is 5.02 Å². The van der Waals surface area contributed by atoms with E-state index in [0.29, 0.717) is 17.6 Å². The number of halogens is 1. The van der Waals surface area contributed by atoms with E-state index in [-0.39, 0.29) is 0 Å². The molecule has 1 fully saturated rings. The smallest absolute Gasteiger partial charge is 0.151 e. The third-order valence-electron chi connectivity index (χ3n) is 3.06. The second kappa shape index (κ2) is 5.46. The fourth-order valence-electron chi connectivity index (χ4n) is 2.33. The number of hydrogen-bond donors (Lipinski definition) is 1. The van der Waals surface area contributed by atoms with Crippen molar-refractivity contribution in [2.24, 2.45) is 5.73 Å². The highest BCUT2D eigenvalue weighted by molar-refractivity contribution is 6.32. The van der Waals surface area contributed by atoms with E-state index in [2.05, 4.69) is 14.9 Å². The van der Waals surface area contributed by atoms with Crippen molar-refractivity contribution >= 4 is 17.4 Å². The zero-order valence-electron chi connectivity index (χ0n) is 9.27. The van der Waals surface area contributed by atoms with Crippen LogP contribution in [-0.2, 0) is 0 Å². The Morgan fingerprint density at radius 1 is 1.44 bits per heavy atom. The van der Waals surface area contributed by atoms with Gasteiger partial charge in [-0.2, -0.15) is 0 Å². The lowest BCUT2D eigenvalue weighted by Crippen LogP contribution is -2.38. The number of hydrogen-bond acceptors (Lipinski definition) is 4. The summed E-state index contributed by atoms with van der Waals surface area (Å²) in [4.78, 5) is 10.4. The molecule has 1 saturated carbocycles. The van der Waals surface area contributed by atoms with Gasteiger partial charge in [-0.1, -0.05) is 24.4 Å². The SMILES string of the molecule is NCCN(c1ncncc1Cl)C1CCCC1. The molecule has 0 unspecified atom stereocenters. The average Bonchev–Trinajstić information content (AvgIpc) is 2.80. The molecular weight excluding hydrogens is 224 g/mol. The molecule has 1 aromatic heterocycles. The second-order valence-corrected chi connectivity index (χ2v) is 4.52. The highest BCUT2D eigenvalue weighted by atomic mass is 35.5. The lowest BCUT2D eigenvalue weighted by Gasteiger charge is -2.30. The maximum atomic E-state index is 6.13. The van der Waals surface area contributed by atoms with E-state index in [1.165, 1.54) is 25.7 Å². The molecule has 0 amide bonds. The predicted molar refractivity (Wildman–Crippen MR) is 65.7 cm³/mol. The van der Waals surface area contributed by atoms with Crippen LogP contribution in [0.25, 0.3) is 0 Å². The van der Waals surface area contributed by atoms with Crippen LogP contribution in [0.1, 0.15) is 25.7 Å². The van der Waals surface area contributed by atoms with Crippen molar-refractivity contribution in [1.29, 1.82) is 0 Å². The lowest BCUT2D eigenvalue weighted by atomic mass is 10.2. The first-order chi connectivity index (χ1) is 7.83. The molecule has 1 aliphatic rings. The van der Waals surface area contributed by atoms with E-state index in [4.69, 9.17) is 17.3 Å². The van der Waals surface area contributed by atoms with Crippen LogP contribution >= 0.6 is 11.6 Å². The molecule has 0 bridgehead atoms. The Morgan fingerprint density at radius 2 is 2.19 bits per heavy atom. The fraction of sp³-hybridized carbons (Fsp3) is 0.636. The molecule has 4 nitrogen and oxygen atoms in total. The molecule has 88 valence electrons. The van der Waals surface area contributed by atoms with Gasteiger partial charge in [0.05, 0.1) is 6.20 Å². The highest BCUT2D eigenvalue weighted by Crippen LogP contribution is 2.30. The standard InChI is InChI=1S/C11H17ClN4/c12-10-7-14-8-15-11(10)16(6-5-13)9-3-1-2-4-9/h7-9H,1-6,13H2. The monoisotopic (exact) mass is 240 g/mol. The van der Waals surface area contributed by atoms with Gasteiger partial charge in [-0.15, -0.1) is 0 Å². The van der Waals surface area contributed by atoms with Gasteiger partial charge in [-0.05, 0) is 12.8 Å². The lowest BCUT2D eigenvalue weighted by molar-refractivity contribution is 0.601. The molecule has 0 spiro atoms. The Labute approximate surface area is 101 Å². The van der Waals surface area contributed by atoms with Gasteiger partial charge < -0.3 is 10.6 Å². The van der Waals surface area contributed by atoms with Gasteiger partial charge in [0.1, 0.15) is 11.3 Å². The van der Waals surface area contributed by atoms with Crippen molar-refractivity contribution < 1.29 is 0 Å². The van der Waals surface area contributed by atoms with Crippen LogP contribution < -0.4 is 10.6 Å². The molecule has 0 saturated heterocycles. The molecule has 5 heteroatoms. The summed E-state index contributed by atoms with van der Waals surface area (Å²) in [6.45, 7) is 1.43. The second-order valence-electron chi connectivity index (χ2n) is 4.11. The summed E-state index contributed by atoms with van der Waals surface area (Å²) < 4.78 is 0. The zero-order valence-corrected chi connectivity index (χ0v) is 10.0. The first-order valence-electron chi connectivity index (χ1n) is 5.75. The van der Waals surface area contributed by atoms with E-state index >= 15 is 0 Å². The number of rotatable bonds is 4. The Morgan fingerprint density at radius 3 is 2.81 bits per heavy atom. The normalized spacial score (nSPS) is 16.6. The van der Waals surface area contributed by atoms with Crippen molar-refractivity contribution in [2.45, 2.75) is 31.7 Å². The van der Waals surface area contributed by atoms with Crippen LogP contribution in [0.3, 0.4) is 0 Å². The molecule has 0 radical (unpaired) electrons. The van der Waals surface area contributed by atoms with Crippen LogP contribution in [0.4, 0.5) is 5.82 Å². The molecule has 0 aromatic carbocycles. The van der Waals surface area contributed by atoms with Crippen LogP contribution in [0.15, 0.2) is 12.5 Å². The quantitative estimate of drug-likeness (QED) is 0.873. The number of anilines is 1. The van der Waals surface area contributed by atoms with Gasteiger partial charge in [0.15, 0.2) is 5.82 Å². The van der Waals surface area contributed by atoms with Gasteiger partial charge in [-0.3, -0.25) is 0 Å². The Balaban J connectivity index is 2.21. The summed E-state index contributed by atoms with van der Waals surface area (Å²) in [5.74, 6) is 0.828. The van der Waals surface area contributed by atoms with Crippen molar-refractivity contribution in [1.82, 2.24) is 9.97 Å². The third kappa shape index (κ3) is 2.44. The van der Waals surface area contributed by atoms with E-state index in [0.717, 1.165) is 12.4 Å². The van der Waals surface area contributed by atoms with Crippen molar-refractivity contribution in [2.75, 3.05) is 18.0 Å². The maximum absolute atomic E-state index is 6.13. The fourth-order valence-corrected chi connectivity index (χ4v) is 2.55. The first-order valence-corrected chi connectivity index (χ1v) is 6.13. The third-order valence-corrected chi connectivity index (χ3v) is 3.32. The van der Waals surface area contributed by atoms with Crippen molar-refractivity contribution in [3.8, 4) is 0 Å². The summed E-state index contributed by atoms with van der Waals surface area (Å²) >= 11 is 6.13. The summed E-state index contributed by atoms with van der Waals surface area (Å²) in [5, 5.41) is 0.614. The van der Waals surface area contributed by atoms with E-state index in [1.807, 2.05) is 0 Å². The molecule has 0 atom stereocenters. The van der Waals surface area contributed by atoms with Gasteiger partial charge in [0.25, 0.3) is 0 Å². The topological polar surface area (TPSA) is 55.0 Å². The summed E-state index contributed by atoms with van der Waals surface area (Å²) in [6, 6.07) is 0.538. The summed E-state index contributed by atoms with van der Waals surface area (Å²) in [5.41, 5.74) is 5.66. The van der Waals surface area contributed by atoms with Gasteiger partial charge in [0, 0.05) is 19.1 Å². The molecule has 16 heavy (non-hydrogen) atoms. The Bertz CT molecular complexity index is 339. The molecular formula is C11H17ClN4. The van der Waals surface area contributed by atoms with Crippen LogP contribution in [0.5, 0.6) is 0 Å². The van der Waals surface area contributed by atoms with E-state index < -0.39 is 0 Å². The molecule has 1 aromatic rings. The minimum Gasteiger partial charge on any atom is -0.351 e. The van der Waals surface area contributed by atoms with E-state index in [1.54, 1.807) is 12.5 Å². The maximum Gasteiger partial charge on any atom is 0.151 e. The van der Waals surface area contributed by atoms with Crippen LogP contribution in [0, 0.1) is 0 Å². The summed E-state index contributed by atoms with van der Waals surface area (Å²) in [6.07, 6.45) is 8.17. The van der Waals surface area contributed by atoms with E-state index in [9.17, 15) is 0 Å². The van der Waals surface area contributed by atoms with Gasteiger partial charge in [-0.25, -0.2) is 9.97 Å². The highest BCUT2D eigenvalue weighted by Gasteiger charge is 2.24. The molecule has 2 rings (SSSR count). The van der Waals surface area contributed by atoms with Gasteiger partial charge >= 0.3 is 0 Å². The Hall–Kier alpha value is -0.870. The minimum atomic E-state index is 0.538.